The fraction of sp³-hybridized carbons (Fsp3) is 0.435. The van der Waals surface area contributed by atoms with E-state index in [2.05, 4.69) is 0 Å². The Morgan fingerprint density at radius 1 is 1.06 bits per heavy atom. The van der Waals surface area contributed by atoms with Gasteiger partial charge in [-0.2, -0.15) is 13.2 Å². The van der Waals surface area contributed by atoms with Crippen LogP contribution in [0.25, 0.3) is 11.1 Å². The van der Waals surface area contributed by atoms with Crippen molar-refractivity contribution in [2.45, 2.75) is 39.0 Å². The third-order valence-electron chi connectivity index (χ3n) is 5.55. The van der Waals surface area contributed by atoms with Crippen LogP contribution in [0, 0.1) is 0 Å². The van der Waals surface area contributed by atoms with Gasteiger partial charge in [0.2, 0.25) is 0 Å². The number of carbonyl (C=O) groups excluding carboxylic acids is 1. The summed E-state index contributed by atoms with van der Waals surface area (Å²) in [6.45, 7) is 6.71. The highest BCUT2D eigenvalue weighted by Crippen LogP contribution is 2.38. The molecule has 168 valence electrons. The molecule has 8 heteroatoms. The number of morpholine rings is 1. The maximum absolute atomic E-state index is 13.4. The normalized spacial score (nSPS) is 15.8. The number of amides is 1. The summed E-state index contributed by atoms with van der Waals surface area (Å²) >= 11 is 0. The minimum Gasteiger partial charge on any atom is -0.397 e. The van der Waals surface area contributed by atoms with Crippen LogP contribution in [-0.2, 0) is 4.74 Å². The second-order valence-corrected chi connectivity index (χ2v) is 7.94. The van der Waals surface area contributed by atoms with Crippen LogP contribution in [-0.4, -0.2) is 55.4 Å². The molecule has 3 rings (SSSR count). The molecule has 0 saturated carbocycles. The number of halogens is 3. The Kier molecular flexibility index (Phi) is 6.79. The predicted molar refractivity (Wildman–Crippen MR) is 116 cm³/mol. The Labute approximate surface area is 180 Å². The Hall–Kier alpha value is -2.74. The monoisotopic (exact) mass is 435 g/mol. The van der Waals surface area contributed by atoms with Crippen molar-refractivity contribution in [1.29, 1.82) is 0 Å². The number of para-hydroxylation sites is 1. The highest BCUT2D eigenvalue weighted by molar-refractivity contribution is 5.95. The van der Waals surface area contributed by atoms with Crippen LogP contribution in [0.4, 0.5) is 24.5 Å². The highest BCUT2D eigenvalue weighted by atomic mass is 19.4. The molecule has 0 spiro atoms. The Morgan fingerprint density at radius 3 is 2.23 bits per heavy atom. The fourth-order valence-corrected chi connectivity index (χ4v) is 3.86. The molecule has 2 aromatic carbocycles. The van der Waals surface area contributed by atoms with Crippen molar-refractivity contribution < 1.29 is 22.7 Å². The van der Waals surface area contributed by atoms with Crippen molar-refractivity contribution in [3.8, 4) is 11.1 Å². The van der Waals surface area contributed by atoms with Gasteiger partial charge >= 0.3 is 6.18 Å². The largest absolute Gasteiger partial charge is 0.408 e. The zero-order valence-electron chi connectivity index (χ0n) is 17.9. The Morgan fingerprint density at radius 2 is 1.68 bits per heavy atom. The molecule has 0 radical (unpaired) electrons. The maximum atomic E-state index is 13.4. The SMILES string of the molecule is CC(C)N(c1cccc(-c2ccc(C(=O)N3CCOCC3)cc2)c1N)C(C)C(F)(F)F. The van der Waals surface area contributed by atoms with E-state index in [1.54, 1.807) is 61.2 Å². The van der Waals surface area contributed by atoms with Gasteiger partial charge in [-0.1, -0.05) is 24.3 Å². The number of hydrogen-bond donors (Lipinski definition) is 1. The quantitative estimate of drug-likeness (QED) is 0.699. The van der Waals surface area contributed by atoms with Gasteiger partial charge in [0.1, 0.15) is 6.04 Å². The molecule has 0 aromatic heterocycles. The lowest BCUT2D eigenvalue weighted by Crippen LogP contribution is -2.47. The number of hydrogen-bond acceptors (Lipinski definition) is 4. The van der Waals surface area contributed by atoms with Gasteiger partial charge in [0.25, 0.3) is 5.91 Å². The summed E-state index contributed by atoms with van der Waals surface area (Å²) in [5.74, 6) is -0.0680. The maximum Gasteiger partial charge on any atom is 0.408 e. The summed E-state index contributed by atoms with van der Waals surface area (Å²) in [5.41, 5.74) is 8.88. The highest BCUT2D eigenvalue weighted by Gasteiger charge is 2.41. The van der Waals surface area contributed by atoms with E-state index >= 15 is 0 Å². The molecule has 1 unspecified atom stereocenters. The van der Waals surface area contributed by atoms with Gasteiger partial charge in [-0.25, -0.2) is 0 Å². The molecule has 2 N–H and O–H groups in total. The van der Waals surface area contributed by atoms with Crippen molar-refractivity contribution in [1.82, 2.24) is 4.90 Å². The molecule has 1 aliphatic rings. The third kappa shape index (κ3) is 4.95. The molecule has 0 bridgehead atoms. The minimum atomic E-state index is -4.38. The van der Waals surface area contributed by atoms with Crippen molar-refractivity contribution in [2.75, 3.05) is 36.9 Å². The van der Waals surface area contributed by atoms with E-state index in [9.17, 15) is 18.0 Å². The molecule has 1 saturated heterocycles. The predicted octanol–water partition coefficient (Wildman–Crippen LogP) is 4.57. The van der Waals surface area contributed by atoms with E-state index in [1.807, 2.05) is 0 Å². The summed E-state index contributed by atoms with van der Waals surface area (Å²) in [6.07, 6.45) is -4.38. The first-order valence-corrected chi connectivity index (χ1v) is 10.3. The standard InChI is InChI=1S/C23H28F3N3O2/c1-15(2)29(16(3)23(24,25)26)20-6-4-5-19(21(20)27)17-7-9-18(10-8-17)22(30)28-11-13-31-14-12-28/h4-10,15-16H,11-14,27H2,1-3H3. The molecule has 1 heterocycles. The van der Waals surface area contributed by atoms with Crippen LogP contribution in [0.2, 0.25) is 0 Å². The van der Waals surface area contributed by atoms with E-state index in [0.717, 1.165) is 12.5 Å². The number of nitrogens with two attached hydrogens (primary N) is 1. The van der Waals surface area contributed by atoms with Crippen LogP contribution in [0.1, 0.15) is 31.1 Å². The van der Waals surface area contributed by atoms with Crippen molar-refractivity contribution in [3.05, 3.63) is 48.0 Å². The lowest BCUT2D eigenvalue weighted by molar-refractivity contribution is -0.145. The zero-order chi connectivity index (χ0) is 22.8. The van der Waals surface area contributed by atoms with Crippen molar-refractivity contribution in [3.63, 3.8) is 0 Å². The molecule has 1 aliphatic heterocycles. The fourth-order valence-electron chi connectivity index (χ4n) is 3.86. The minimum absolute atomic E-state index is 0.0680. The number of anilines is 2. The number of alkyl halides is 3. The van der Waals surface area contributed by atoms with Crippen molar-refractivity contribution in [2.24, 2.45) is 0 Å². The summed E-state index contributed by atoms with van der Waals surface area (Å²) in [7, 11) is 0. The average molecular weight is 435 g/mol. The Balaban J connectivity index is 1.91. The van der Waals surface area contributed by atoms with E-state index in [1.165, 1.54) is 4.90 Å². The third-order valence-corrected chi connectivity index (χ3v) is 5.55. The second-order valence-electron chi connectivity index (χ2n) is 7.94. The van der Waals surface area contributed by atoms with Crippen LogP contribution >= 0.6 is 0 Å². The topological polar surface area (TPSA) is 58.8 Å². The molecule has 1 amide bonds. The van der Waals surface area contributed by atoms with Gasteiger partial charge in [0.15, 0.2) is 0 Å². The zero-order valence-corrected chi connectivity index (χ0v) is 17.9. The number of nitrogens with zero attached hydrogens (tertiary/aromatic N) is 2. The van der Waals surface area contributed by atoms with Crippen LogP contribution in [0.5, 0.6) is 0 Å². The van der Waals surface area contributed by atoms with Crippen molar-refractivity contribution >= 4 is 17.3 Å². The van der Waals surface area contributed by atoms with Gasteiger partial charge in [-0.05, 0) is 44.5 Å². The van der Waals surface area contributed by atoms with Gasteiger partial charge in [0, 0.05) is 30.3 Å². The lowest BCUT2D eigenvalue weighted by atomic mass is 9.99. The Bertz CT molecular complexity index is 907. The molecule has 31 heavy (non-hydrogen) atoms. The summed E-state index contributed by atoms with van der Waals surface area (Å²) < 4.78 is 45.6. The molecular weight excluding hydrogens is 407 g/mol. The lowest BCUT2D eigenvalue weighted by Gasteiger charge is -2.37. The summed E-state index contributed by atoms with van der Waals surface area (Å²) in [5, 5.41) is 0. The average Bonchev–Trinajstić information content (AvgIpc) is 2.74. The molecule has 2 aromatic rings. The number of benzene rings is 2. The summed E-state index contributed by atoms with van der Waals surface area (Å²) in [4.78, 5) is 15.7. The van der Waals surface area contributed by atoms with Gasteiger partial charge < -0.3 is 20.3 Å². The van der Waals surface area contributed by atoms with E-state index in [0.29, 0.717) is 43.1 Å². The van der Waals surface area contributed by atoms with Crippen LogP contribution in [0.3, 0.4) is 0 Å². The molecule has 1 atom stereocenters. The second kappa shape index (κ2) is 9.18. The molecular formula is C23H28F3N3O2. The molecule has 5 nitrogen and oxygen atoms in total. The van der Waals surface area contributed by atoms with Crippen LogP contribution in [0.15, 0.2) is 42.5 Å². The number of carbonyl (C=O) groups is 1. The molecule has 0 aliphatic carbocycles. The van der Waals surface area contributed by atoms with Gasteiger partial charge in [-0.3, -0.25) is 4.79 Å². The van der Waals surface area contributed by atoms with Crippen LogP contribution < -0.4 is 10.6 Å². The summed E-state index contributed by atoms with van der Waals surface area (Å²) in [6, 6.07) is 9.99. The number of ether oxygens (including phenoxy) is 1. The molecule has 1 fully saturated rings. The van der Waals surface area contributed by atoms with E-state index in [4.69, 9.17) is 10.5 Å². The first-order valence-electron chi connectivity index (χ1n) is 10.3. The van der Waals surface area contributed by atoms with Gasteiger partial charge in [-0.15, -0.1) is 0 Å². The number of nitrogen functional groups attached to an aromatic ring is 1. The van der Waals surface area contributed by atoms with Gasteiger partial charge in [0.05, 0.1) is 24.6 Å². The first-order chi connectivity index (χ1) is 14.6. The van der Waals surface area contributed by atoms with E-state index in [-0.39, 0.29) is 11.6 Å². The number of rotatable bonds is 5. The smallest absolute Gasteiger partial charge is 0.397 e. The van der Waals surface area contributed by atoms with E-state index < -0.39 is 18.3 Å². The first kappa shape index (κ1) is 22.9.